The lowest BCUT2D eigenvalue weighted by Crippen LogP contribution is -2.36. The van der Waals surface area contributed by atoms with E-state index >= 15 is 0 Å². The lowest BCUT2D eigenvalue weighted by atomic mass is 10.1. The molecule has 0 aliphatic rings. The van der Waals surface area contributed by atoms with Gasteiger partial charge in [0.2, 0.25) is 5.91 Å². The van der Waals surface area contributed by atoms with Gasteiger partial charge in [-0.05, 0) is 38.8 Å². The molecule has 0 aromatic heterocycles. The SMILES string of the molecule is CCN(CC)C(=O)C(C)SCc1ccccc1C. The third-order valence-electron chi connectivity index (χ3n) is 3.17. The van der Waals surface area contributed by atoms with Crippen molar-refractivity contribution in [1.82, 2.24) is 4.90 Å². The topological polar surface area (TPSA) is 20.3 Å². The van der Waals surface area contributed by atoms with Gasteiger partial charge in [0.25, 0.3) is 0 Å². The summed E-state index contributed by atoms with van der Waals surface area (Å²) >= 11 is 1.72. The van der Waals surface area contributed by atoms with Crippen LogP contribution in [0.2, 0.25) is 0 Å². The second kappa shape index (κ2) is 7.47. The Bertz CT molecular complexity index is 388. The molecule has 0 aliphatic heterocycles. The van der Waals surface area contributed by atoms with Crippen molar-refractivity contribution in [1.29, 1.82) is 0 Å². The van der Waals surface area contributed by atoms with Crippen molar-refractivity contribution in [3.63, 3.8) is 0 Å². The van der Waals surface area contributed by atoms with Crippen LogP contribution in [0.25, 0.3) is 0 Å². The smallest absolute Gasteiger partial charge is 0.235 e. The van der Waals surface area contributed by atoms with Crippen LogP contribution < -0.4 is 0 Å². The second-order valence-electron chi connectivity index (χ2n) is 4.39. The Morgan fingerprint density at radius 3 is 2.44 bits per heavy atom. The van der Waals surface area contributed by atoms with Crippen molar-refractivity contribution in [2.24, 2.45) is 0 Å². The predicted octanol–water partition coefficient (Wildman–Crippen LogP) is 3.49. The van der Waals surface area contributed by atoms with Crippen LogP contribution in [0.5, 0.6) is 0 Å². The normalized spacial score (nSPS) is 12.2. The van der Waals surface area contributed by atoms with Gasteiger partial charge in [0.05, 0.1) is 5.25 Å². The van der Waals surface area contributed by atoms with Crippen molar-refractivity contribution in [3.8, 4) is 0 Å². The summed E-state index contributed by atoms with van der Waals surface area (Å²) in [5.41, 5.74) is 2.62. The van der Waals surface area contributed by atoms with E-state index in [0.717, 1.165) is 18.8 Å². The van der Waals surface area contributed by atoms with E-state index in [0.29, 0.717) is 0 Å². The Morgan fingerprint density at radius 2 is 1.89 bits per heavy atom. The molecule has 0 spiro atoms. The van der Waals surface area contributed by atoms with Gasteiger partial charge < -0.3 is 4.90 Å². The maximum atomic E-state index is 12.1. The van der Waals surface area contributed by atoms with Crippen LogP contribution in [0.15, 0.2) is 24.3 Å². The fourth-order valence-electron chi connectivity index (χ4n) is 1.85. The molecule has 1 aromatic carbocycles. The number of amides is 1. The number of aryl methyl sites for hydroxylation is 1. The van der Waals surface area contributed by atoms with Gasteiger partial charge in [-0.3, -0.25) is 4.79 Å². The average molecular weight is 265 g/mol. The largest absolute Gasteiger partial charge is 0.342 e. The third-order valence-corrected chi connectivity index (χ3v) is 4.35. The zero-order valence-corrected chi connectivity index (χ0v) is 12.6. The Balaban J connectivity index is 2.53. The summed E-state index contributed by atoms with van der Waals surface area (Å²) in [5.74, 6) is 1.15. The third kappa shape index (κ3) is 4.05. The lowest BCUT2D eigenvalue weighted by Gasteiger charge is -2.22. The Morgan fingerprint density at radius 1 is 1.28 bits per heavy atom. The molecule has 1 rings (SSSR count). The Hall–Kier alpha value is -0.960. The summed E-state index contributed by atoms with van der Waals surface area (Å²) in [7, 11) is 0. The zero-order valence-electron chi connectivity index (χ0n) is 11.8. The molecule has 0 saturated heterocycles. The molecule has 100 valence electrons. The second-order valence-corrected chi connectivity index (χ2v) is 5.72. The predicted molar refractivity (Wildman–Crippen MR) is 79.9 cm³/mol. The first-order valence-corrected chi connectivity index (χ1v) is 7.59. The maximum Gasteiger partial charge on any atom is 0.235 e. The molecule has 1 atom stereocenters. The molecule has 1 amide bonds. The molecule has 0 aliphatic carbocycles. The first-order chi connectivity index (χ1) is 8.60. The van der Waals surface area contributed by atoms with Gasteiger partial charge in [0.15, 0.2) is 0 Å². The van der Waals surface area contributed by atoms with E-state index in [9.17, 15) is 4.79 Å². The van der Waals surface area contributed by atoms with Gasteiger partial charge in [-0.15, -0.1) is 11.8 Å². The summed E-state index contributed by atoms with van der Waals surface area (Å²) in [5, 5.41) is 0.0320. The van der Waals surface area contributed by atoms with Crippen LogP contribution in [0.4, 0.5) is 0 Å². The van der Waals surface area contributed by atoms with Gasteiger partial charge >= 0.3 is 0 Å². The van der Waals surface area contributed by atoms with Crippen LogP contribution in [0.3, 0.4) is 0 Å². The molecule has 0 N–H and O–H groups in total. The number of rotatable bonds is 6. The molecule has 2 nitrogen and oxygen atoms in total. The highest BCUT2D eigenvalue weighted by Crippen LogP contribution is 2.21. The molecule has 0 radical (unpaired) electrons. The molecular formula is C15H23NOS. The van der Waals surface area contributed by atoms with E-state index in [1.54, 1.807) is 11.8 Å². The quantitative estimate of drug-likeness (QED) is 0.785. The zero-order chi connectivity index (χ0) is 13.5. The number of carbonyl (C=O) groups is 1. The highest BCUT2D eigenvalue weighted by molar-refractivity contribution is 7.99. The van der Waals surface area contributed by atoms with Gasteiger partial charge in [0.1, 0.15) is 0 Å². The van der Waals surface area contributed by atoms with Gasteiger partial charge in [-0.1, -0.05) is 24.3 Å². The maximum absolute atomic E-state index is 12.1. The molecular weight excluding hydrogens is 242 g/mol. The van der Waals surface area contributed by atoms with Crippen molar-refractivity contribution < 1.29 is 4.79 Å². The fourth-order valence-corrected chi connectivity index (χ4v) is 2.90. The lowest BCUT2D eigenvalue weighted by molar-refractivity contribution is -0.129. The van der Waals surface area contributed by atoms with Gasteiger partial charge in [0, 0.05) is 18.8 Å². The van der Waals surface area contributed by atoms with E-state index in [1.807, 2.05) is 31.7 Å². The monoisotopic (exact) mass is 265 g/mol. The minimum atomic E-state index is 0.0320. The molecule has 0 fully saturated rings. The van der Waals surface area contributed by atoms with E-state index in [-0.39, 0.29) is 11.2 Å². The van der Waals surface area contributed by atoms with E-state index in [4.69, 9.17) is 0 Å². The number of nitrogens with zero attached hydrogens (tertiary/aromatic N) is 1. The van der Waals surface area contributed by atoms with Crippen molar-refractivity contribution in [3.05, 3.63) is 35.4 Å². The number of hydrogen-bond acceptors (Lipinski definition) is 2. The van der Waals surface area contributed by atoms with Crippen LogP contribution in [0, 0.1) is 6.92 Å². The van der Waals surface area contributed by atoms with Crippen molar-refractivity contribution in [2.75, 3.05) is 13.1 Å². The molecule has 0 bridgehead atoms. The summed E-state index contributed by atoms with van der Waals surface area (Å²) in [4.78, 5) is 14.0. The molecule has 1 unspecified atom stereocenters. The van der Waals surface area contributed by atoms with Crippen molar-refractivity contribution in [2.45, 2.75) is 38.7 Å². The van der Waals surface area contributed by atoms with Crippen molar-refractivity contribution >= 4 is 17.7 Å². The molecule has 0 saturated carbocycles. The fraction of sp³-hybridized carbons (Fsp3) is 0.533. The Kier molecular flexibility index (Phi) is 6.27. The average Bonchev–Trinajstić information content (AvgIpc) is 2.38. The van der Waals surface area contributed by atoms with Crippen LogP contribution in [0.1, 0.15) is 31.9 Å². The van der Waals surface area contributed by atoms with Crippen LogP contribution in [-0.4, -0.2) is 29.1 Å². The molecule has 0 heterocycles. The summed E-state index contributed by atoms with van der Waals surface area (Å²) < 4.78 is 0. The van der Waals surface area contributed by atoms with E-state index < -0.39 is 0 Å². The standard InChI is InChI=1S/C15H23NOS/c1-5-16(6-2)15(17)13(4)18-11-14-10-8-7-9-12(14)3/h7-10,13H,5-6,11H2,1-4H3. The number of carbonyl (C=O) groups excluding carboxylic acids is 1. The van der Waals surface area contributed by atoms with Gasteiger partial charge in [-0.2, -0.15) is 0 Å². The summed E-state index contributed by atoms with van der Waals surface area (Å²) in [6.45, 7) is 9.77. The van der Waals surface area contributed by atoms with Crippen LogP contribution >= 0.6 is 11.8 Å². The molecule has 18 heavy (non-hydrogen) atoms. The van der Waals surface area contributed by atoms with Crippen LogP contribution in [-0.2, 0) is 10.5 Å². The number of thioether (sulfide) groups is 1. The first-order valence-electron chi connectivity index (χ1n) is 6.55. The minimum Gasteiger partial charge on any atom is -0.342 e. The highest BCUT2D eigenvalue weighted by Gasteiger charge is 2.18. The number of benzene rings is 1. The Labute approximate surface area is 115 Å². The summed E-state index contributed by atoms with van der Waals surface area (Å²) in [6, 6.07) is 8.36. The summed E-state index contributed by atoms with van der Waals surface area (Å²) in [6.07, 6.45) is 0. The first kappa shape index (κ1) is 15.1. The molecule has 1 aromatic rings. The minimum absolute atomic E-state index is 0.0320. The van der Waals surface area contributed by atoms with E-state index in [1.165, 1.54) is 11.1 Å². The molecule has 3 heteroatoms. The van der Waals surface area contributed by atoms with E-state index in [2.05, 4.69) is 25.1 Å². The van der Waals surface area contributed by atoms with Gasteiger partial charge in [-0.25, -0.2) is 0 Å². The highest BCUT2D eigenvalue weighted by atomic mass is 32.2. The number of hydrogen-bond donors (Lipinski definition) is 0.